The molecule has 1 aliphatic rings. The van der Waals surface area contributed by atoms with Crippen molar-refractivity contribution in [1.82, 2.24) is 0 Å². The van der Waals surface area contributed by atoms with E-state index in [2.05, 4.69) is 10.1 Å². The first-order valence-electron chi connectivity index (χ1n) is 7.82. The maximum atomic E-state index is 12.8. The number of hydrogen-bond donors (Lipinski definition) is 2. The predicted molar refractivity (Wildman–Crippen MR) is 104 cm³/mol. The zero-order chi connectivity index (χ0) is 21.6. The van der Waals surface area contributed by atoms with E-state index >= 15 is 0 Å². The normalized spacial score (nSPS) is 13.9. The molecule has 0 saturated heterocycles. The van der Waals surface area contributed by atoms with Crippen LogP contribution in [0.2, 0.25) is 4.34 Å². The summed E-state index contributed by atoms with van der Waals surface area (Å²) < 4.78 is 41.1. The molecule has 0 atom stereocenters. The van der Waals surface area contributed by atoms with Crippen molar-refractivity contribution in [3.63, 3.8) is 0 Å². The maximum Gasteiger partial charge on any atom is 0.573 e. The summed E-state index contributed by atoms with van der Waals surface area (Å²) in [5.41, 5.74) is 0.180. The summed E-state index contributed by atoms with van der Waals surface area (Å²) in [7, 11) is 0. The van der Waals surface area contributed by atoms with Gasteiger partial charge in [-0.25, -0.2) is 0 Å². The number of thiophene rings is 1. The second kappa shape index (κ2) is 9.99. The number of thioether (sulfide) groups is 1. The standard InChI is InChI=1S/C17H13ClF3NO5S2/c18-12-6-11(16(29-12)22-13(23)7-28-8-14(24)25)15(26)9-2-1-3-10(5-4-9)27-17(19,20)21/h2-6H,1,7-8H2,(H,22,23)(H,24,25). The van der Waals surface area contributed by atoms with Crippen LogP contribution in [-0.4, -0.2) is 40.6 Å². The van der Waals surface area contributed by atoms with Gasteiger partial charge in [0.05, 0.1) is 21.4 Å². The number of amides is 1. The molecule has 0 bridgehead atoms. The molecule has 0 fully saturated rings. The zero-order valence-corrected chi connectivity index (χ0v) is 16.8. The van der Waals surface area contributed by atoms with Crippen LogP contribution in [-0.2, 0) is 14.3 Å². The fourth-order valence-electron chi connectivity index (χ4n) is 2.16. The number of Topliss-reactive ketones (excluding diaryl/α,β-unsaturated/α-hetero) is 1. The minimum absolute atomic E-state index is 0.0326. The molecule has 29 heavy (non-hydrogen) atoms. The van der Waals surface area contributed by atoms with E-state index in [1.54, 1.807) is 0 Å². The molecule has 2 N–H and O–H groups in total. The molecule has 1 heterocycles. The minimum atomic E-state index is -4.85. The quantitative estimate of drug-likeness (QED) is 0.541. The van der Waals surface area contributed by atoms with Gasteiger partial charge in [0.1, 0.15) is 10.8 Å². The van der Waals surface area contributed by atoms with Crippen molar-refractivity contribution in [1.29, 1.82) is 0 Å². The van der Waals surface area contributed by atoms with Gasteiger partial charge in [-0.05, 0) is 30.7 Å². The number of anilines is 1. The number of allylic oxidation sites excluding steroid dienone is 5. The molecule has 2 rings (SSSR count). The van der Waals surface area contributed by atoms with E-state index in [1.165, 1.54) is 24.3 Å². The fraction of sp³-hybridized carbons (Fsp3) is 0.235. The van der Waals surface area contributed by atoms with Crippen LogP contribution in [0.4, 0.5) is 18.2 Å². The molecule has 0 radical (unpaired) electrons. The highest BCUT2D eigenvalue weighted by atomic mass is 35.5. The first-order chi connectivity index (χ1) is 13.5. The van der Waals surface area contributed by atoms with Crippen LogP contribution in [0.5, 0.6) is 0 Å². The van der Waals surface area contributed by atoms with Crippen molar-refractivity contribution in [3.8, 4) is 0 Å². The lowest BCUT2D eigenvalue weighted by Crippen LogP contribution is -2.16. The summed E-state index contributed by atoms with van der Waals surface area (Å²) in [5, 5.41) is 11.3. The van der Waals surface area contributed by atoms with Crippen LogP contribution < -0.4 is 5.32 Å². The van der Waals surface area contributed by atoms with Gasteiger partial charge in [0, 0.05) is 5.57 Å². The smallest absolute Gasteiger partial charge is 0.481 e. The van der Waals surface area contributed by atoms with E-state index in [0.717, 1.165) is 29.2 Å². The molecule has 0 aliphatic heterocycles. The highest BCUT2D eigenvalue weighted by Crippen LogP contribution is 2.34. The summed E-state index contributed by atoms with van der Waals surface area (Å²) in [6.07, 6.45) is -0.00296. The van der Waals surface area contributed by atoms with Crippen molar-refractivity contribution < 1.29 is 37.4 Å². The van der Waals surface area contributed by atoms with Gasteiger partial charge < -0.3 is 15.2 Å². The van der Waals surface area contributed by atoms with Gasteiger partial charge >= 0.3 is 12.3 Å². The number of alkyl halides is 3. The number of carbonyl (C=O) groups excluding carboxylic acids is 2. The van der Waals surface area contributed by atoms with Crippen LogP contribution >= 0.6 is 34.7 Å². The second-order valence-electron chi connectivity index (χ2n) is 5.44. The Labute approximate surface area is 176 Å². The summed E-state index contributed by atoms with van der Waals surface area (Å²) in [4.78, 5) is 35.2. The molecule has 6 nitrogen and oxygen atoms in total. The first-order valence-corrected chi connectivity index (χ1v) is 10.2. The van der Waals surface area contributed by atoms with Crippen LogP contribution in [0.3, 0.4) is 0 Å². The molecule has 156 valence electrons. The third-order valence-electron chi connectivity index (χ3n) is 3.24. The number of hydrogen-bond acceptors (Lipinski definition) is 6. The van der Waals surface area contributed by atoms with Crippen LogP contribution in [0, 0.1) is 0 Å². The number of carboxylic acids is 1. The van der Waals surface area contributed by atoms with Crippen molar-refractivity contribution in [2.45, 2.75) is 12.8 Å². The van der Waals surface area contributed by atoms with Gasteiger partial charge in [0.25, 0.3) is 0 Å². The average molecular weight is 468 g/mol. The average Bonchev–Trinajstić information content (AvgIpc) is 2.80. The molecule has 1 aromatic rings. The fourth-order valence-corrected chi connectivity index (χ4v) is 3.83. The molecule has 0 aromatic carbocycles. The van der Waals surface area contributed by atoms with Crippen LogP contribution in [0.25, 0.3) is 0 Å². The number of carboxylic acid groups (broad SMARTS) is 1. The minimum Gasteiger partial charge on any atom is -0.481 e. The monoisotopic (exact) mass is 467 g/mol. The molecule has 0 unspecified atom stereocenters. The summed E-state index contributed by atoms with van der Waals surface area (Å²) >= 11 is 7.77. The Balaban J connectivity index is 2.10. The van der Waals surface area contributed by atoms with Gasteiger partial charge in [-0.1, -0.05) is 17.7 Å². The molecule has 12 heteroatoms. The summed E-state index contributed by atoms with van der Waals surface area (Å²) in [6.45, 7) is 0. The largest absolute Gasteiger partial charge is 0.573 e. The van der Waals surface area contributed by atoms with E-state index in [-0.39, 0.29) is 38.4 Å². The molecular formula is C17H13ClF3NO5S2. The molecule has 1 aromatic heterocycles. The summed E-state index contributed by atoms with van der Waals surface area (Å²) in [6, 6.07) is 1.34. The Hall–Kier alpha value is -2.24. The third-order valence-corrected chi connectivity index (χ3v) is 5.33. The Bertz CT molecular complexity index is 905. The maximum absolute atomic E-state index is 12.8. The predicted octanol–water partition coefficient (Wildman–Crippen LogP) is 4.65. The second-order valence-corrected chi connectivity index (χ2v) is 8.11. The number of rotatable bonds is 8. The van der Waals surface area contributed by atoms with Crippen LogP contribution in [0.1, 0.15) is 16.8 Å². The molecule has 0 spiro atoms. The first kappa shape index (κ1) is 23.0. The lowest BCUT2D eigenvalue weighted by atomic mass is 10.0. The Morgan fingerprint density at radius 2 is 1.97 bits per heavy atom. The Kier molecular flexibility index (Phi) is 7.94. The number of nitrogens with one attached hydrogen (secondary N) is 1. The molecule has 1 aliphatic carbocycles. The lowest BCUT2D eigenvalue weighted by Gasteiger charge is -2.08. The van der Waals surface area contributed by atoms with E-state index < -0.39 is 29.8 Å². The number of halogens is 4. The zero-order valence-electron chi connectivity index (χ0n) is 14.4. The van der Waals surface area contributed by atoms with Gasteiger partial charge in [-0.3, -0.25) is 14.4 Å². The van der Waals surface area contributed by atoms with Crippen molar-refractivity contribution >= 4 is 57.4 Å². The summed E-state index contributed by atoms with van der Waals surface area (Å²) in [5.74, 6) is -2.95. The SMILES string of the molecule is O=C(O)CSCC(=O)Nc1sc(Cl)cc1C(=O)C1=CCC=C(OC(F)(F)F)C=C1. The highest BCUT2D eigenvalue weighted by molar-refractivity contribution is 8.00. The van der Waals surface area contributed by atoms with Gasteiger partial charge in [-0.2, -0.15) is 0 Å². The lowest BCUT2D eigenvalue weighted by molar-refractivity contribution is -0.303. The van der Waals surface area contributed by atoms with Gasteiger partial charge in [0.15, 0.2) is 5.78 Å². The number of ketones is 1. The molecule has 0 saturated carbocycles. The Morgan fingerprint density at radius 3 is 2.62 bits per heavy atom. The van der Waals surface area contributed by atoms with Gasteiger partial charge in [-0.15, -0.1) is 36.3 Å². The number of carbonyl (C=O) groups is 3. The third kappa shape index (κ3) is 7.59. The van der Waals surface area contributed by atoms with E-state index in [0.29, 0.717) is 0 Å². The van der Waals surface area contributed by atoms with Crippen LogP contribution in [0.15, 0.2) is 41.7 Å². The van der Waals surface area contributed by atoms with E-state index in [4.69, 9.17) is 16.7 Å². The van der Waals surface area contributed by atoms with E-state index in [1.807, 2.05) is 0 Å². The topological polar surface area (TPSA) is 92.7 Å². The molecular weight excluding hydrogens is 455 g/mol. The van der Waals surface area contributed by atoms with Crippen molar-refractivity contribution in [2.24, 2.45) is 0 Å². The van der Waals surface area contributed by atoms with Crippen molar-refractivity contribution in [2.75, 3.05) is 16.8 Å². The number of aliphatic carboxylic acids is 1. The highest BCUT2D eigenvalue weighted by Gasteiger charge is 2.31. The molecule has 1 amide bonds. The van der Waals surface area contributed by atoms with Gasteiger partial charge in [0.2, 0.25) is 5.91 Å². The Morgan fingerprint density at radius 1 is 1.24 bits per heavy atom. The number of ether oxygens (including phenoxy) is 1. The van der Waals surface area contributed by atoms with E-state index in [9.17, 15) is 27.6 Å². The van der Waals surface area contributed by atoms with Crippen molar-refractivity contribution in [3.05, 3.63) is 51.6 Å².